The van der Waals surface area contributed by atoms with Gasteiger partial charge in [0.2, 0.25) is 0 Å². The van der Waals surface area contributed by atoms with Gasteiger partial charge >= 0.3 is 0 Å². The van der Waals surface area contributed by atoms with Crippen molar-refractivity contribution in [3.05, 3.63) is 11.6 Å². The summed E-state index contributed by atoms with van der Waals surface area (Å²) in [6.45, 7) is 8.31. The van der Waals surface area contributed by atoms with Crippen LogP contribution in [0.15, 0.2) is 11.6 Å². The largest absolute Gasteiger partial charge is 0.304 e. The molecule has 0 unspecified atom stereocenters. The molecule has 0 aromatic heterocycles. The van der Waals surface area contributed by atoms with Gasteiger partial charge < -0.3 is 4.79 Å². The van der Waals surface area contributed by atoms with Crippen LogP contribution in [0.2, 0.25) is 0 Å². The number of carbonyl (C=O) groups is 1. The average molecular weight is 168 g/mol. The minimum absolute atomic E-state index is 0.488. The van der Waals surface area contributed by atoms with Crippen molar-refractivity contribution in [3.63, 3.8) is 0 Å². The zero-order valence-corrected chi connectivity index (χ0v) is 8.68. The number of aldehydes is 1. The Kier molecular flexibility index (Phi) is 4.87. The summed E-state index contributed by atoms with van der Waals surface area (Å²) >= 11 is 0. The van der Waals surface area contributed by atoms with Crippen LogP contribution in [0.3, 0.4) is 0 Å². The fraction of sp³-hybridized carbons (Fsp3) is 0.727. The molecule has 1 nitrogen and oxygen atoms in total. The lowest BCUT2D eigenvalue weighted by Crippen LogP contribution is -2.11. The predicted octanol–water partition coefficient (Wildman–Crippen LogP) is 3.35. The van der Waals surface area contributed by atoms with Crippen molar-refractivity contribution >= 4 is 6.29 Å². The van der Waals surface area contributed by atoms with E-state index in [1.165, 1.54) is 26.2 Å². The van der Waals surface area contributed by atoms with Gasteiger partial charge in [0.15, 0.2) is 0 Å². The maximum absolute atomic E-state index is 8.81. The second-order valence-electron chi connectivity index (χ2n) is 4.07. The third-order valence-corrected chi connectivity index (χ3v) is 2.03. The van der Waals surface area contributed by atoms with E-state index in [4.69, 9.17) is 4.79 Å². The normalized spacial score (nSPS) is 20.2. The smallest absolute Gasteiger partial charge is 0.116 e. The van der Waals surface area contributed by atoms with Crippen molar-refractivity contribution in [2.24, 2.45) is 5.41 Å². The Balaban J connectivity index is 0.000000354. The van der Waals surface area contributed by atoms with Crippen molar-refractivity contribution in [1.82, 2.24) is 0 Å². The third kappa shape index (κ3) is 5.11. The summed E-state index contributed by atoms with van der Waals surface area (Å²) in [6, 6.07) is 0. The van der Waals surface area contributed by atoms with Gasteiger partial charge in [-0.1, -0.05) is 25.5 Å². The molecule has 0 spiro atoms. The first-order chi connectivity index (χ1) is 5.52. The van der Waals surface area contributed by atoms with Crippen molar-refractivity contribution in [2.45, 2.75) is 47.0 Å². The van der Waals surface area contributed by atoms with Crippen LogP contribution in [-0.2, 0) is 4.79 Å². The Morgan fingerprint density at radius 1 is 1.50 bits per heavy atom. The summed E-state index contributed by atoms with van der Waals surface area (Å²) in [5.41, 5.74) is 2.06. The summed E-state index contributed by atoms with van der Waals surface area (Å²) in [5, 5.41) is 0. The molecule has 1 aliphatic rings. The Hall–Kier alpha value is -0.590. The molecule has 0 heterocycles. The molecule has 70 valence electrons. The van der Waals surface area contributed by atoms with Gasteiger partial charge in [0.05, 0.1) is 0 Å². The van der Waals surface area contributed by atoms with Crippen LogP contribution in [0.4, 0.5) is 0 Å². The lowest BCUT2D eigenvalue weighted by atomic mass is 9.80. The number of hydrogen-bond donors (Lipinski definition) is 0. The first-order valence-electron chi connectivity index (χ1n) is 4.60. The maximum Gasteiger partial charge on any atom is 0.116 e. The van der Waals surface area contributed by atoms with Crippen LogP contribution in [0.25, 0.3) is 0 Å². The monoisotopic (exact) mass is 168 g/mol. The topological polar surface area (TPSA) is 17.1 Å². The Morgan fingerprint density at radius 3 is 2.25 bits per heavy atom. The van der Waals surface area contributed by atoms with E-state index in [1.807, 2.05) is 0 Å². The zero-order valence-electron chi connectivity index (χ0n) is 8.68. The van der Waals surface area contributed by atoms with Crippen molar-refractivity contribution in [3.8, 4) is 0 Å². The maximum atomic E-state index is 8.81. The molecule has 0 fully saturated rings. The van der Waals surface area contributed by atoms with Crippen LogP contribution < -0.4 is 0 Å². The molecular weight excluding hydrogens is 148 g/mol. The molecule has 0 saturated heterocycles. The Bertz CT molecular complexity index is 166. The van der Waals surface area contributed by atoms with Crippen molar-refractivity contribution < 1.29 is 4.79 Å². The molecule has 12 heavy (non-hydrogen) atoms. The van der Waals surface area contributed by atoms with E-state index < -0.39 is 0 Å². The molecule has 0 aromatic rings. The quantitative estimate of drug-likeness (QED) is 0.400. The lowest BCUT2D eigenvalue weighted by Gasteiger charge is -2.25. The van der Waals surface area contributed by atoms with Crippen molar-refractivity contribution in [1.29, 1.82) is 0 Å². The van der Waals surface area contributed by atoms with E-state index >= 15 is 0 Å². The van der Waals surface area contributed by atoms with Crippen molar-refractivity contribution in [2.75, 3.05) is 0 Å². The van der Waals surface area contributed by atoms with Gasteiger partial charge in [0.25, 0.3) is 0 Å². The molecule has 0 atom stereocenters. The molecule has 0 radical (unpaired) electrons. The van der Waals surface area contributed by atoms with E-state index in [9.17, 15) is 0 Å². The fourth-order valence-electron chi connectivity index (χ4n) is 1.63. The van der Waals surface area contributed by atoms with Gasteiger partial charge in [0, 0.05) is 0 Å². The van der Waals surface area contributed by atoms with Crippen LogP contribution in [-0.4, -0.2) is 6.29 Å². The third-order valence-electron chi connectivity index (χ3n) is 2.03. The van der Waals surface area contributed by atoms with Crippen LogP contribution >= 0.6 is 0 Å². The molecule has 1 rings (SSSR count). The predicted molar refractivity (Wildman–Crippen MR) is 53.1 cm³/mol. The molecule has 0 amide bonds. The first-order valence-corrected chi connectivity index (χ1v) is 4.60. The van der Waals surface area contributed by atoms with Gasteiger partial charge in [0.1, 0.15) is 6.29 Å². The van der Waals surface area contributed by atoms with Gasteiger partial charge in [-0.3, -0.25) is 0 Å². The summed E-state index contributed by atoms with van der Waals surface area (Å²) in [4.78, 5) is 8.81. The van der Waals surface area contributed by atoms with E-state index in [0.29, 0.717) is 5.41 Å². The van der Waals surface area contributed by atoms with Crippen LogP contribution in [0, 0.1) is 5.41 Å². The number of rotatable bonds is 0. The summed E-state index contributed by atoms with van der Waals surface area (Å²) < 4.78 is 0. The fourth-order valence-corrected chi connectivity index (χ4v) is 1.63. The van der Waals surface area contributed by atoms with Gasteiger partial charge in [-0.05, 0) is 38.5 Å². The van der Waals surface area contributed by atoms with Gasteiger partial charge in [-0.15, -0.1) is 0 Å². The standard InChI is InChI=1S/C9H16.C2H4O/c1-8-5-4-6-9(2,3)7-8;1-2-3/h7H,4-6H2,1-3H3;2H,1H3. The number of carbonyl (C=O) groups excluding carboxylic acids is 1. The molecule has 0 aromatic carbocycles. The summed E-state index contributed by atoms with van der Waals surface area (Å²) in [6.07, 6.45) is 7.24. The SMILES string of the molecule is CC1=CC(C)(C)CCC1.CC=O. The second kappa shape index (κ2) is 5.13. The number of hydrogen-bond acceptors (Lipinski definition) is 1. The molecule has 1 heteroatoms. The highest BCUT2D eigenvalue weighted by atomic mass is 16.1. The Morgan fingerprint density at radius 2 is 2.00 bits per heavy atom. The first kappa shape index (κ1) is 11.4. The summed E-state index contributed by atoms with van der Waals surface area (Å²) in [7, 11) is 0. The average Bonchev–Trinajstić information content (AvgIpc) is 1.85. The molecule has 0 aliphatic heterocycles. The van der Waals surface area contributed by atoms with E-state index in [1.54, 1.807) is 5.57 Å². The van der Waals surface area contributed by atoms with Crippen LogP contribution in [0.5, 0.6) is 0 Å². The van der Waals surface area contributed by atoms with Crippen LogP contribution in [0.1, 0.15) is 47.0 Å². The van der Waals surface area contributed by atoms with Gasteiger partial charge in [-0.25, -0.2) is 0 Å². The number of allylic oxidation sites excluding steroid dienone is 2. The minimum atomic E-state index is 0.488. The molecule has 1 aliphatic carbocycles. The molecule has 0 saturated carbocycles. The van der Waals surface area contributed by atoms with E-state index in [0.717, 1.165) is 6.29 Å². The van der Waals surface area contributed by atoms with E-state index in [-0.39, 0.29) is 0 Å². The Labute approximate surface area is 75.9 Å². The minimum Gasteiger partial charge on any atom is -0.304 e. The zero-order chi connectivity index (χ0) is 9.61. The molecular formula is C11H20O. The molecule has 0 N–H and O–H groups in total. The molecule has 0 bridgehead atoms. The van der Waals surface area contributed by atoms with Gasteiger partial charge in [-0.2, -0.15) is 0 Å². The highest BCUT2D eigenvalue weighted by Crippen LogP contribution is 2.32. The second-order valence-corrected chi connectivity index (χ2v) is 4.07. The summed E-state index contributed by atoms with van der Waals surface area (Å²) in [5.74, 6) is 0. The highest BCUT2D eigenvalue weighted by molar-refractivity contribution is 5.44. The lowest BCUT2D eigenvalue weighted by molar-refractivity contribution is -0.106. The highest BCUT2D eigenvalue weighted by Gasteiger charge is 2.17. The van der Waals surface area contributed by atoms with E-state index in [2.05, 4.69) is 26.8 Å².